The third-order valence-corrected chi connectivity index (χ3v) is 4.60. The minimum absolute atomic E-state index is 0.188. The summed E-state index contributed by atoms with van der Waals surface area (Å²) in [4.78, 5) is 20.9. The van der Waals surface area contributed by atoms with Crippen LogP contribution in [0.3, 0.4) is 0 Å². The number of hydrogen-bond acceptors (Lipinski definition) is 7. The van der Waals surface area contributed by atoms with E-state index < -0.39 is 0 Å². The molecule has 0 spiro atoms. The average Bonchev–Trinajstić information content (AvgIpc) is 3.18. The lowest BCUT2D eigenvalue weighted by molar-refractivity contribution is 0.0964. The molecule has 1 aromatic heterocycles. The van der Waals surface area contributed by atoms with Crippen molar-refractivity contribution >= 4 is 45.0 Å². The fourth-order valence-electron chi connectivity index (χ4n) is 2.67. The van der Waals surface area contributed by atoms with Gasteiger partial charge in [-0.2, -0.15) is 4.98 Å². The predicted molar refractivity (Wildman–Crippen MR) is 109 cm³/mol. The Morgan fingerprint density at radius 3 is 2.79 bits per heavy atom. The summed E-state index contributed by atoms with van der Waals surface area (Å²) >= 11 is 3.44. The van der Waals surface area contributed by atoms with Crippen molar-refractivity contribution in [1.29, 1.82) is 0 Å². The Labute approximate surface area is 169 Å². The van der Waals surface area contributed by atoms with E-state index >= 15 is 0 Å². The van der Waals surface area contributed by atoms with Crippen LogP contribution in [-0.2, 0) is 0 Å². The predicted octanol–water partition coefficient (Wildman–Crippen LogP) is 3.81. The Balaban J connectivity index is 1.59. The number of ether oxygens (including phenoxy) is 2. The minimum atomic E-state index is -0.188. The SMILES string of the molecule is CNC(=O)c1ccccc1Nc1nc(Nc2ccc3c(c2)OCO3)ncc1Br. The van der Waals surface area contributed by atoms with Gasteiger partial charge in [0.15, 0.2) is 11.5 Å². The van der Waals surface area contributed by atoms with E-state index in [1.165, 1.54) is 0 Å². The number of aromatic nitrogens is 2. The molecule has 0 fully saturated rings. The smallest absolute Gasteiger partial charge is 0.253 e. The van der Waals surface area contributed by atoms with Gasteiger partial charge in [-0.05, 0) is 40.2 Å². The Bertz CT molecular complexity index is 1040. The van der Waals surface area contributed by atoms with Gasteiger partial charge < -0.3 is 25.4 Å². The van der Waals surface area contributed by atoms with Crippen LogP contribution in [0.25, 0.3) is 0 Å². The molecule has 0 bridgehead atoms. The maximum Gasteiger partial charge on any atom is 0.253 e. The van der Waals surface area contributed by atoms with Gasteiger partial charge in [0.1, 0.15) is 5.82 Å². The molecule has 142 valence electrons. The maximum atomic E-state index is 12.1. The summed E-state index contributed by atoms with van der Waals surface area (Å²) in [6.45, 7) is 0.215. The third kappa shape index (κ3) is 3.70. The highest BCUT2D eigenvalue weighted by Gasteiger charge is 2.15. The molecule has 2 heterocycles. The molecule has 2 aromatic carbocycles. The fourth-order valence-corrected chi connectivity index (χ4v) is 2.96. The summed E-state index contributed by atoms with van der Waals surface area (Å²) < 4.78 is 11.4. The van der Waals surface area contributed by atoms with E-state index in [2.05, 4.69) is 41.8 Å². The molecule has 0 atom stereocenters. The lowest BCUT2D eigenvalue weighted by Gasteiger charge is -2.13. The van der Waals surface area contributed by atoms with Gasteiger partial charge in [0.2, 0.25) is 12.7 Å². The highest BCUT2D eigenvalue weighted by molar-refractivity contribution is 9.10. The second-order valence-corrected chi connectivity index (χ2v) is 6.69. The first-order valence-corrected chi connectivity index (χ1v) is 9.20. The molecular formula is C19H16BrN5O3. The first-order valence-electron chi connectivity index (χ1n) is 8.41. The highest BCUT2D eigenvalue weighted by atomic mass is 79.9. The van der Waals surface area contributed by atoms with Gasteiger partial charge in [-0.15, -0.1) is 0 Å². The monoisotopic (exact) mass is 441 g/mol. The van der Waals surface area contributed by atoms with Crippen LogP contribution in [0, 0.1) is 0 Å². The Hall–Kier alpha value is -3.33. The molecule has 28 heavy (non-hydrogen) atoms. The van der Waals surface area contributed by atoms with Gasteiger partial charge in [0.25, 0.3) is 5.91 Å². The standard InChI is InChI=1S/C19H16BrN5O3/c1-21-18(26)12-4-2-3-5-14(12)24-17-13(20)9-22-19(25-17)23-11-6-7-15-16(8-11)28-10-27-15/h2-9H,10H2,1H3,(H,21,26)(H2,22,23,24,25). The molecule has 0 aliphatic carbocycles. The van der Waals surface area contributed by atoms with Gasteiger partial charge in [0.05, 0.1) is 15.7 Å². The number of carbonyl (C=O) groups excluding carboxylic acids is 1. The quantitative estimate of drug-likeness (QED) is 0.553. The van der Waals surface area contributed by atoms with Crippen LogP contribution >= 0.6 is 15.9 Å². The van der Waals surface area contributed by atoms with Crippen molar-refractivity contribution in [2.24, 2.45) is 0 Å². The second kappa shape index (κ2) is 7.73. The lowest BCUT2D eigenvalue weighted by atomic mass is 10.1. The highest BCUT2D eigenvalue weighted by Crippen LogP contribution is 2.35. The van der Waals surface area contributed by atoms with Crippen LogP contribution in [0.5, 0.6) is 11.5 Å². The maximum absolute atomic E-state index is 12.1. The number of nitrogens with one attached hydrogen (secondary N) is 3. The molecule has 0 unspecified atom stereocenters. The van der Waals surface area contributed by atoms with E-state index in [4.69, 9.17) is 9.47 Å². The molecule has 3 aromatic rings. The summed E-state index contributed by atoms with van der Waals surface area (Å²) in [5.41, 5.74) is 1.92. The number of amides is 1. The zero-order valence-electron chi connectivity index (χ0n) is 14.8. The van der Waals surface area contributed by atoms with Crippen LogP contribution in [0.4, 0.5) is 23.1 Å². The molecule has 1 amide bonds. The number of carbonyl (C=O) groups is 1. The Morgan fingerprint density at radius 1 is 1.11 bits per heavy atom. The summed E-state index contributed by atoms with van der Waals surface area (Å²) in [7, 11) is 1.59. The average molecular weight is 442 g/mol. The molecule has 0 saturated carbocycles. The van der Waals surface area contributed by atoms with Crippen LogP contribution in [0.15, 0.2) is 53.1 Å². The van der Waals surface area contributed by atoms with E-state index in [0.29, 0.717) is 39.0 Å². The van der Waals surface area contributed by atoms with Gasteiger partial charge in [-0.3, -0.25) is 4.79 Å². The molecule has 3 N–H and O–H groups in total. The molecule has 8 nitrogen and oxygen atoms in total. The second-order valence-electron chi connectivity index (χ2n) is 5.83. The lowest BCUT2D eigenvalue weighted by Crippen LogP contribution is -2.19. The number of nitrogens with zero attached hydrogens (tertiary/aromatic N) is 2. The molecule has 4 rings (SSSR count). The largest absolute Gasteiger partial charge is 0.454 e. The van der Waals surface area contributed by atoms with Crippen LogP contribution < -0.4 is 25.4 Å². The Kier molecular flexibility index (Phi) is 4.98. The van der Waals surface area contributed by atoms with Gasteiger partial charge in [-0.1, -0.05) is 12.1 Å². The Morgan fingerprint density at radius 2 is 1.93 bits per heavy atom. The molecule has 9 heteroatoms. The number of para-hydroxylation sites is 1. The number of hydrogen-bond donors (Lipinski definition) is 3. The molecular weight excluding hydrogens is 426 g/mol. The van der Waals surface area contributed by atoms with Crippen molar-refractivity contribution in [3.63, 3.8) is 0 Å². The molecule has 0 saturated heterocycles. The number of halogens is 1. The van der Waals surface area contributed by atoms with Crippen LogP contribution in [-0.4, -0.2) is 29.7 Å². The number of anilines is 4. The van der Waals surface area contributed by atoms with Gasteiger partial charge >= 0.3 is 0 Å². The fraction of sp³-hybridized carbons (Fsp3) is 0.105. The van der Waals surface area contributed by atoms with E-state index in [9.17, 15) is 4.79 Å². The van der Waals surface area contributed by atoms with E-state index in [1.54, 1.807) is 25.4 Å². The molecule has 1 aliphatic rings. The van der Waals surface area contributed by atoms with E-state index in [1.807, 2.05) is 30.3 Å². The first kappa shape index (κ1) is 18.1. The van der Waals surface area contributed by atoms with Crippen molar-refractivity contribution in [3.8, 4) is 11.5 Å². The van der Waals surface area contributed by atoms with E-state index in [0.717, 1.165) is 5.69 Å². The normalized spacial score (nSPS) is 11.8. The van der Waals surface area contributed by atoms with Crippen LogP contribution in [0.2, 0.25) is 0 Å². The zero-order valence-corrected chi connectivity index (χ0v) is 16.4. The van der Waals surface area contributed by atoms with Crippen molar-refractivity contribution in [3.05, 3.63) is 58.7 Å². The molecule has 1 aliphatic heterocycles. The van der Waals surface area contributed by atoms with Gasteiger partial charge in [-0.25, -0.2) is 4.98 Å². The number of fused-ring (bicyclic) bond motifs is 1. The molecule has 0 radical (unpaired) electrons. The van der Waals surface area contributed by atoms with Crippen molar-refractivity contribution in [2.75, 3.05) is 24.5 Å². The van der Waals surface area contributed by atoms with Crippen LogP contribution in [0.1, 0.15) is 10.4 Å². The summed E-state index contributed by atoms with van der Waals surface area (Å²) in [5.74, 6) is 2.10. The topological polar surface area (TPSA) is 97.4 Å². The zero-order chi connectivity index (χ0) is 19.5. The number of rotatable bonds is 5. The van der Waals surface area contributed by atoms with Crippen molar-refractivity contribution in [2.45, 2.75) is 0 Å². The summed E-state index contributed by atoms with van der Waals surface area (Å²) in [5, 5.41) is 8.95. The number of benzene rings is 2. The third-order valence-electron chi connectivity index (χ3n) is 4.02. The van der Waals surface area contributed by atoms with Gasteiger partial charge in [0, 0.05) is 25.0 Å². The first-order chi connectivity index (χ1) is 13.6. The summed E-state index contributed by atoms with van der Waals surface area (Å²) in [6, 6.07) is 12.7. The van der Waals surface area contributed by atoms with E-state index in [-0.39, 0.29) is 12.7 Å². The van der Waals surface area contributed by atoms with Crippen molar-refractivity contribution < 1.29 is 14.3 Å². The summed E-state index contributed by atoms with van der Waals surface area (Å²) in [6.07, 6.45) is 1.63. The minimum Gasteiger partial charge on any atom is -0.454 e. The van der Waals surface area contributed by atoms with Crippen molar-refractivity contribution in [1.82, 2.24) is 15.3 Å².